The lowest BCUT2D eigenvalue weighted by molar-refractivity contribution is -0.385. The van der Waals surface area contributed by atoms with Crippen LogP contribution in [-0.4, -0.2) is 17.4 Å². The number of aryl methyl sites for hydroxylation is 2. The van der Waals surface area contributed by atoms with Crippen molar-refractivity contribution in [3.8, 4) is 23.3 Å². The van der Waals surface area contributed by atoms with Crippen molar-refractivity contribution in [2.75, 3.05) is 11.9 Å². The van der Waals surface area contributed by atoms with E-state index in [-0.39, 0.29) is 34.3 Å². The van der Waals surface area contributed by atoms with Gasteiger partial charge in [-0.15, -0.1) is 0 Å². The molecule has 0 saturated heterocycles. The van der Waals surface area contributed by atoms with E-state index in [1.807, 2.05) is 32.0 Å². The number of rotatable bonds is 8. The number of nitro groups is 1. The largest absolute Gasteiger partial charge is 0.490 e. The molecule has 0 saturated carbocycles. The fraction of sp³-hybridized carbons (Fsp3) is 0.185. The highest BCUT2D eigenvalue weighted by molar-refractivity contribution is 6.32. The topological polar surface area (TPSA) is 114 Å². The standard InChI is InChI=1S/C27H21ClF3N3O5/c1-4-38-24-12-17(10-18(14-32)26(35)33-21-7-5-15(2)9-16(21)3)11-20(28)25(24)39-23-8-6-19(27(29,30)31)13-22(23)34(36)37/h5-13H,4H2,1-3H3,(H,33,35)/b18-10+. The highest BCUT2D eigenvalue weighted by atomic mass is 35.5. The van der Waals surface area contributed by atoms with Crippen molar-refractivity contribution < 1.29 is 32.4 Å². The molecule has 0 heterocycles. The van der Waals surface area contributed by atoms with Crippen LogP contribution in [0.25, 0.3) is 6.08 Å². The van der Waals surface area contributed by atoms with Crippen molar-refractivity contribution in [2.45, 2.75) is 26.9 Å². The Hall–Kier alpha value is -4.56. The molecule has 0 radical (unpaired) electrons. The van der Waals surface area contributed by atoms with Gasteiger partial charge in [-0.25, -0.2) is 0 Å². The second-order valence-electron chi connectivity index (χ2n) is 8.24. The maximum atomic E-state index is 13.0. The number of nitriles is 1. The van der Waals surface area contributed by atoms with Crippen molar-refractivity contribution in [2.24, 2.45) is 0 Å². The zero-order valence-electron chi connectivity index (χ0n) is 20.9. The summed E-state index contributed by atoms with van der Waals surface area (Å²) in [6, 6.07) is 11.7. The molecule has 1 amide bonds. The third kappa shape index (κ3) is 7.06. The third-order valence-electron chi connectivity index (χ3n) is 5.33. The van der Waals surface area contributed by atoms with Gasteiger partial charge in [0.2, 0.25) is 5.75 Å². The van der Waals surface area contributed by atoms with Gasteiger partial charge in [-0.2, -0.15) is 18.4 Å². The van der Waals surface area contributed by atoms with E-state index < -0.39 is 34.0 Å². The molecular formula is C27H21ClF3N3O5. The van der Waals surface area contributed by atoms with Crippen LogP contribution in [0.4, 0.5) is 24.5 Å². The lowest BCUT2D eigenvalue weighted by Crippen LogP contribution is -2.14. The number of nitrogens with one attached hydrogen (secondary N) is 1. The van der Waals surface area contributed by atoms with Crippen LogP contribution in [0.3, 0.4) is 0 Å². The fourth-order valence-corrected chi connectivity index (χ4v) is 3.78. The number of nitrogens with zero attached hydrogens (tertiary/aromatic N) is 2. The van der Waals surface area contributed by atoms with E-state index in [2.05, 4.69) is 5.32 Å². The summed E-state index contributed by atoms with van der Waals surface area (Å²) in [5.41, 5.74) is 0.209. The normalized spacial score (nSPS) is 11.5. The number of halogens is 4. The number of anilines is 1. The van der Waals surface area contributed by atoms with Crippen LogP contribution in [0.15, 0.2) is 54.1 Å². The van der Waals surface area contributed by atoms with E-state index in [1.165, 1.54) is 18.2 Å². The molecule has 0 bridgehead atoms. The van der Waals surface area contributed by atoms with Crippen molar-refractivity contribution in [1.29, 1.82) is 5.26 Å². The van der Waals surface area contributed by atoms with E-state index in [0.717, 1.165) is 17.2 Å². The minimum atomic E-state index is -4.80. The summed E-state index contributed by atoms with van der Waals surface area (Å²) in [6.07, 6.45) is -3.54. The van der Waals surface area contributed by atoms with E-state index in [4.69, 9.17) is 21.1 Å². The molecule has 12 heteroatoms. The van der Waals surface area contributed by atoms with Crippen molar-refractivity contribution in [1.82, 2.24) is 0 Å². The maximum absolute atomic E-state index is 13.0. The van der Waals surface area contributed by atoms with Gasteiger partial charge >= 0.3 is 11.9 Å². The summed E-state index contributed by atoms with van der Waals surface area (Å²) >= 11 is 6.36. The molecule has 0 aliphatic rings. The molecule has 39 heavy (non-hydrogen) atoms. The first-order valence-electron chi connectivity index (χ1n) is 11.3. The highest BCUT2D eigenvalue weighted by Crippen LogP contribution is 2.44. The van der Waals surface area contributed by atoms with Crippen LogP contribution in [0.2, 0.25) is 5.02 Å². The number of carbonyl (C=O) groups excluding carboxylic acids is 1. The molecular weight excluding hydrogens is 539 g/mol. The van der Waals surface area contributed by atoms with E-state index >= 15 is 0 Å². The Bertz CT molecular complexity index is 1510. The van der Waals surface area contributed by atoms with Gasteiger partial charge in [0.25, 0.3) is 5.91 Å². The molecule has 202 valence electrons. The molecule has 0 aliphatic carbocycles. The second-order valence-corrected chi connectivity index (χ2v) is 8.65. The molecule has 3 aromatic rings. The molecule has 0 fully saturated rings. The number of amides is 1. The minimum absolute atomic E-state index is 0.0162. The van der Waals surface area contributed by atoms with Crippen LogP contribution in [-0.2, 0) is 11.0 Å². The van der Waals surface area contributed by atoms with Gasteiger partial charge in [0, 0.05) is 11.8 Å². The SMILES string of the molecule is CCOc1cc(/C=C(\C#N)C(=O)Nc2ccc(C)cc2C)cc(Cl)c1Oc1ccc(C(F)(F)F)cc1[N+](=O)[O-]. The molecule has 3 rings (SSSR count). The number of ether oxygens (including phenoxy) is 2. The minimum Gasteiger partial charge on any atom is -0.490 e. The summed E-state index contributed by atoms with van der Waals surface area (Å²) < 4.78 is 50.2. The molecule has 0 aromatic heterocycles. The van der Waals surface area contributed by atoms with E-state index in [9.17, 15) is 33.3 Å². The van der Waals surface area contributed by atoms with Crippen molar-refractivity contribution in [3.05, 3.63) is 91.5 Å². The van der Waals surface area contributed by atoms with Crippen LogP contribution in [0, 0.1) is 35.3 Å². The van der Waals surface area contributed by atoms with Crippen molar-refractivity contribution >= 4 is 35.0 Å². The number of alkyl halides is 3. The fourth-order valence-electron chi connectivity index (χ4n) is 3.52. The van der Waals surface area contributed by atoms with Crippen molar-refractivity contribution in [3.63, 3.8) is 0 Å². The number of hydrogen-bond donors (Lipinski definition) is 1. The smallest absolute Gasteiger partial charge is 0.416 e. The van der Waals surface area contributed by atoms with Gasteiger partial charge in [0.1, 0.15) is 11.6 Å². The first kappa shape index (κ1) is 29.0. The predicted octanol–water partition coefficient (Wildman–Crippen LogP) is 7.62. The van der Waals surface area contributed by atoms with E-state index in [1.54, 1.807) is 13.0 Å². The summed E-state index contributed by atoms with van der Waals surface area (Å²) in [4.78, 5) is 23.2. The van der Waals surface area contributed by atoms with Crippen LogP contribution < -0.4 is 14.8 Å². The molecule has 0 atom stereocenters. The Balaban J connectivity index is 1.99. The summed E-state index contributed by atoms with van der Waals surface area (Å²) in [7, 11) is 0. The number of benzene rings is 3. The van der Waals surface area contributed by atoms with Crippen LogP contribution in [0.5, 0.6) is 17.2 Å². The highest BCUT2D eigenvalue weighted by Gasteiger charge is 2.33. The first-order valence-corrected chi connectivity index (χ1v) is 11.7. The average Bonchev–Trinajstić information content (AvgIpc) is 2.85. The number of nitro benzene ring substituents is 1. The van der Waals surface area contributed by atoms with Crippen LogP contribution >= 0.6 is 11.6 Å². The lowest BCUT2D eigenvalue weighted by Gasteiger charge is -2.15. The molecule has 1 N–H and O–H groups in total. The zero-order chi connectivity index (χ0) is 28.9. The number of hydrogen-bond acceptors (Lipinski definition) is 6. The number of carbonyl (C=O) groups is 1. The Kier molecular flexibility index (Phi) is 8.83. The van der Waals surface area contributed by atoms with Gasteiger partial charge < -0.3 is 14.8 Å². The monoisotopic (exact) mass is 559 g/mol. The lowest BCUT2D eigenvalue weighted by atomic mass is 10.1. The van der Waals surface area contributed by atoms with Crippen LogP contribution in [0.1, 0.15) is 29.2 Å². The molecule has 3 aromatic carbocycles. The third-order valence-corrected chi connectivity index (χ3v) is 5.61. The molecule has 0 spiro atoms. The Labute approximate surface area is 226 Å². The van der Waals surface area contributed by atoms with Gasteiger partial charge in [-0.05, 0) is 68.3 Å². The Morgan fingerprint density at radius 1 is 1.15 bits per heavy atom. The summed E-state index contributed by atoms with van der Waals surface area (Å²) in [5.74, 6) is -1.38. The predicted molar refractivity (Wildman–Crippen MR) is 139 cm³/mol. The molecule has 0 unspecified atom stereocenters. The average molecular weight is 560 g/mol. The maximum Gasteiger partial charge on any atom is 0.416 e. The van der Waals surface area contributed by atoms with Gasteiger partial charge in [-0.1, -0.05) is 29.3 Å². The first-order chi connectivity index (χ1) is 18.3. The quantitative estimate of drug-likeness (QED) is 0.131. The van der Waals surface area contributed by atoms with Gasteiger partial charge in [-0.3, -0.25) is 14.9 Å². The van der Waals surface area contributed by atoms with Gasteiger partial charge in [0.15, 0.2) is 11.5 Å². The zero-order valence-corrected chi connectivity index (χ0v) is 21.6. The van der Waals surface area contributed by atoms with Gasteiger partial charge in [0.05, 0.1) is 22.1 Å². The second kappa shape index (κ2) is 11.9. The Morgan fingerprint density at radius 3 is 2.46 bits per heavy atom. The van der Waals surface area contributed by atoms with E-state index in [0.29, 0.717) is 17.8 Å². The molecule has 0 aliphatic heterocycles. The molecule has 8 nitrogen and oxygen atoms in total. The Morgan fingerprint density at radius 2 is 1.87 bits per heavy atom. The summed E-state index contributed by atoms with van der Waals surface area (Å²) in [5, 5.41) is 23.6. The summed E-state index contributed by atoms with van der Waals surface area (Å²) in [6.45, 7) is 5.46.